The predicted octanol–water partition coefficient (Wildman–Crippen LogP) is 2.15. The largest absolute Gasteiger partial charge is 0.326 e. The molecule has 3 nitrogen and oxygen atoms in total. The molecule has 0 bridgehead atoms. The fraction of sp³-hybridized carbons (Fsp3) is 0.417. The standard InChI is InChI=1S/C12H17FN2O/c1-9(2)14-8-7-12(16)15-11-5-3-10(13)4-6-11/h3-6,9,14H,7-8H2,1-2H3,(H,15,16). The summed E-state index contributed by atoms with van der Waals surface area (Å²) >= 11 is 0. The van der Waals surface area contributed by atoms with Crippen LogP contribution in [0.5, 0.6) is 0 Å². The highest BCUT2D eigenvalue weighted by Crippen LogP contribution is 2.08. The van der Waals surface area contributed by atoms with Gasteiger partial charge in [0, 0.05) is 24.7 Å². The van der Waals surface area contributed by atoms with E-state index in [9.17, 15) is 9.18 Å². The first-order valence-electron chi connectivity index (χ1n) is 5.36. The molecule has 1 rings (SSSR count). The lowest BCUT2D eigenvalue weighted by Gasteiger charge is -2.08. The van der Waals surface area contributed by atoms with E-state index in [0.717, 1.165) is 0 Å². The van der Waals surface area contributed by atoms with Gasteiger partial charge in [-0.05, 0) is 24.3 Å². The zero-order valence-corrected chi connectivity index (χ0v) is 9.59. The van der Waals surface area contributed by atoms with Crippen molar-refractivity contribution in [3.63, 3.8) is 0 Å². The van der Waals surface area contributed by atoms with Crippen LogP contribution in [0.2, 0.25) is 0 Å². The lowest BCUT2D eigenvalue weighted by Crippen LogP contribution is -2.27. The molecule has 0 fully saturated rings. The van der Waals surface area contributed by atoms with Crippen molar-refractivity contribution in [2.75, 3.05) is 11.9 Å². The molecule has 0 saturated heterocycles. The Hall–Kier alpha value is -1.42. The number of hydrogen-bond donors (Lipinski definition) is 2. The molecule has 0 aliphatic rings. The summed E-state index contributed by atoms with van der Waals surface area (Å²) in [6, 6.07) is 6.11. The minimum atomic E-state index is -0.306. The molecule has 0 unspecified atom stereocenters. The number of amides is 1. The third-order valence-corrected chi connectivity index (χ3v) is 2.03. The van der Waals surface area contributed by atoms with E-state index >= 15 is 0 Å². The number of benzene rings is 1. The van der Waals surface area contributed by atoms with Gasteiger partial charge in [-0.2, -0.15) is 0 Å². The molecule has 0 heterocycles. The van der Waals surface area contributed by atoms with Crippen molar-refractivity contribution in [3.8, 4) is 0 Å². The number of carbonyl (C=O) groups is 1. The van der Waals surface area contributed by atoms with Crippen LogP contribution in [0, 0.1) is 5.82 Å². The summed E-state index contributed by atoms with van der Waals surface area (Å²) in [6.07, 6.45) is 0.412. The molecule has 2 N–H and O–H groups in total. The Bertz CT molecular complexity index is 335. The number of nitrogens with one attached hydrogen (secondary N) is 2. The number of anilines is 1. The molecule has 0 aliphatic carbocycles. The van der Waals surface area contributed by atoms with Crippen LogP contribution in [0.15, 0.2) is 24.3 Å². The third-order valence-electron chi connectivity index (χ3n) is 2.03. The molecule has 0 aliphatic heterocycles. The number of hydrogen-bond acceptors (Lipinski definition) is 2. The van der Waals surface area contributed by atoms with Crippen molar-refractivity contribution in [2.45, 2.75) is 26.3 Å². The maximum absolute atomic E-state index is 12.6. The zero-order valence-electron chi connectivity index (χ0n) is 9.59. The van der Waals surface area contributed by atoms with E-state index in [1.54, 1.807) is 12.1 Å². The quantitative estimate of drug-likeness (QED) is 0.804. The minimum absolute atomic E-state index is 0.0697. The minimum Gasteiger partial charge on any atom is -0.326 e. The summed E-state index contributed by atoms with van der Waals surface area (Å²) in [4.78, 5) is 11.4. The lowest BCUT2D eigenvalue weighted by molar-refractivity contribution is -0.116. The molecule has 0 saturated carbocycles. The van der Waals surface area contributed by atoms with E-state index in [-0.39, 0.29) is 11.7 Å². The second-order valence-electron chi connectivity index (χ2n) is 3.91. The second-order valence-corrected chi connectivity index (χ2v) is 3.91. The van der Waals surface area contributed by atoms with Gasteiger partial charge in [-0.25, -0.2) is 4.39 Å². The van der Waals surface area contributed by atoms with Gasteiger partial charge in [0.1, 0.15) is 5.82 Å². The average molecular weight is 224 g/mol. The smallest absolute Gasteiger partial charge is 0.225 e. The lowest BCUT2D eigenvalue weighted by atomic mass is 10.3. The van der Waals surface area contributed by atoms with Gasteiger partial charge in [-0.3, -0.25) is 4.79 Å². The Balaban J connectivity index is 2.31. The first-order valence-corrected chi connectivity index (χ1v) is 5.36. The van der Waals surface area contributed by atoms with Gasteiger partial charge in [0.25, 0.3) is 0 Å². The van der Waals surface area contributed by atoms with Crippen molar-refractivity contribution in [3.05, 3.63) is 30.1 Å². The van der Waals surface area contributed by atoms with E-state index in [1.165, 1.54) is 12.1 Å². The van der Waals surface area contributed by atoms with Crippen LogP contribution < -0.4 is 10.6 Å². The number of halogens is 1. The Morgan fingerprint density at radius 3 is 2.50 bits per heavy atom. The Morgan fingerprint density at radius 1 is 1.31 bits per heavy atom. The SMILES string of the molecule is CC(C)NCCC(=O)Nc1ccc(F)cc1. The summed E-state index contributed by atoms with van der Waals surface area (Å²) in [5.74, 6) is -0.376. The fourth-order valence-electron chi connectivity index (χ4n) is 1.23. The summed E-state index contributed by atoms with van der Waals surface area (Å²) < 4.78 is 12.6. The molecule has 0 atom stereocenters. The van der Waals surface area contributed by atoms with Gasteiger partial charge in [0.2, 0.25) is 5.91 Å². The summed E-state index contributed by atoms with van der Waals surface area (Å²) in [5.41, 5.74) is 0.621. The predicted molar refractivity (Wildman–Crippen MR) is 62.8 cm³/mol. The topological polar surface area (TPSA) is 41.1 Å². The van der Waals surface area contributed by atoms with Crippen LogP contribution in [-0.4, -0.2) is 18.5 Å². The van der Waals surface area contributed by atoms with E-state index in [0.29, 0.717) is 24.7 Å². The van der Waals surface area contributed by atoms with Crippen molar-refractivity contribution in [1.29, 1.82) is 0 Å². The molecule has 0 radical (unpaired) electrons. The van der Waals surface area contributed by atoms with Crippen molar-refractivity contribution < 1.29 is 9.18 Å². The molecule has 16 heavy (non-hydrogen) atoms. The van der Waals surface area contributed by atoms with Crippen LogP contribution in [-0.2, 0) is 4.79 Å². The molecule has 1 aromatic rings. The Morgan fingerprint density at radius 2 is 1.94 bits per heavy atom. The van der Waals surface area contributed by atoms with Crippen LogP contribution >= 0.6 is 0 Å². The molecule has 0 aromatic heterocycles. The third kappa shape index (κ3) is 4.89. The summed E-state index contributed by atoms with van der Waals surface area (Å²) in [7, 11) is 0. The van der Waals surface area contributed by atoms with Gasteiger partial charge in [0.05, 0.1) is 0 Å². The van der Waals surface area contributed by atoms with Gasteiger partial charge < -0.3 is 10.6 Å². The summed E-state index contributed by atoms with van der Waals surface area (Å²) in [5, 5.41) is 5.85. The first-order chi connectivity index (χ1) is 7.58. The van der Waals surface area contributed by atoms with Gasteiger partial charge in [-0.1, -0.05) is 13.8 Å². The molecule has 1 amide bonds. The van der Waals surface area contributed by atoms with E-state index in [1.807, 2.05) is 13.8 Å². The van der Waals surface area contributed by atoms with E-state index < -0.39 is 0 Å². The normalized spacial score (nSPS) is 10.5. The molecule has 1 aromatic carbocycles. The number of carbonyl (C=O) groups excluding carboxylic acids is 1. The highest BCUT2D eigenvalue weighted by atomic mass is 19.1. The zero-order chi connectivity index (χ0) is 12.0. The van der Waals surface area contributed by atoms with Crippen molar-refractivity contribution in [2.24, 2.45) is 0 Å². The highest BCUT2D eigenvalue weighted by Gasteiger charge is 2.02. The van der Waals surface area contributed by atoms with Gasteiger partial charge >= 0.3 is 0 Å². The maximum Gasteiger partial charge on any atom is 0.225 e. The molecular formula is C12H17FN2O. The number of rotatable bonds is 5. The molecule has 88 valence electrons. The van der Waals surface area contributed by atoms with Crippen molar-refractivity contribution in [1.82, 2.24) is 5.32 Å². The van der Waals surface area contributed by atoms with Crippen LogP contribution in [0.4, 0.5) is 10.1 Å². The Kier molecular flexibility index (Phi) is 4.92. The maximum atomic E-state index is 12.6. The van der Waals surface area contributed by atoms with E-state index in [4.69, 9.17) is 0 Å². The first kappa shape index (κ1) is 12.6. The fourth-order valence-corrected chi connectivity index (χ4v) is 1.23. The molecular weight excluding hydrogens is 207 g/mol. The second kappa shape index (κ2) is 6.23. The van der Waals surface area contributed by atoms with E-state index in [2.05, 4.69) is 10.6 Å². The summed E-state index contributed by atoms with van der Waals surface area (Å²) in [6.45, 7) is 4.69. The monoisotopic (exact) mass is 224 g/mol. The average Bonchev–Trinajstić information content (AvgIpc) is 2.21. The van der Waals surface area contributed by atoms with Gasteiger partial charge in [0.15, 0.2) is 0 Å². The molecule has 4 heteroatoms. The highest BCUT2D eigenvalue weighted by molar-refractivity contribution is 5.90. The van der Waals surface area contributed by atoms with Crippen LogP contribution in [0.25, 0.3) is 0 Å². The Labute approximate surface area is 95.0 Å². The van der Waals surface area contributed by atoms with Crippen LogP contribution in [0.3, 0.4) is 0 Å². The van der Waals surface area contributed by atoms with Gasteiger partial charge in [-0.15, -0.1) is 0 Å². The molecule has 0 spiro atoms. The van der Waals surface area contributed by atoms with Crippen LogP contribution in [0.1, 0.15) is 20.3 Å². The van der Waals surface area contributed by atoms with Crippen molar-refractivity contribution >= 4 is 11.6 Å².